The van der Waals surface area contributed by atoms with Crippen LogP contribution < -0.4 is 10.1 Å². The molecule has 3 aromatic rings. The number of nitrogens with one attached hydrogen (secondary N) is 1. The van der Waals surface area contributed by atoms with Gasteiger partial charge in [-0.05, 0) is 36.4 Å². The summed E-state index contributed by atoms with van der Waals surface area (Å²) in [5.74, 6) is 0.470. The zero-order valence-corrected chi connectivity index (χ0v) is 17.0. The highest BCUT2D eigenvalue weighted by Gasteiger charge is 2.13. The van der Waals surface area contributed by atoms with E-state index >= 15 is 0 Å². The Labute approximate surface area is 175 Å². The Balaban J connectivity index is 1.54. The number of rotatable bonds is 7. The van der Waals surface area contributed by atoms with E-state index in [1.54, 1.807) is 35.9 Å². The molecule has 1 amide bonds. The van der Waals surface area contributed by atoms with E-state index in [2.05, 4.69) is 15.5 Å². The summed E-state index contributed by atoms with van der Waals surface area (Å²) < 4.78 is 20.5. The zero-order valence-electron chi connectivity index (χ0n) is 14.7. The van der Waals surface area contributed by atoms with Crippen molar-refractivity contribution in [3.05, 3.63) is 64.2 Å². The highest BCUT2D eigenvalue weighted by molar-refractivity contribution is 7.99. The lowest BCUT2D eigenvalue weighted by molar-refractivity contribution is -0.113. The quantitative estimate of drug-likeness (QED) is 0.544. The molecule has 0 aliphatic carbocycles. The predicted octanol–water partition coefficient (Wildman–Crippen LogP) is 4.57. The molecular formula is C18H15Cl2FN4O2S. The SMILES string of the molecule is Cn1c(COc2ccc(Cl)cc2Cl)nnc1SCC(=O)Nc1cccc(F)c1. The fourth-order valence-corrected chi connectivity index (χ4v) is 3.42. The van der Waals surface area contributed by atoms with Gasteiger partial charge >= 0.3 is 0 Å². The summed E-state index contributed by atoms with van der Waals surface area (Å²) in [6, 6.07) is 10.7. The minimum absolute atomic E-state index is 0.104. The van der Waals surface area contributed by atoms with Crippen molar-refractivity contribution in [2.75, 3.05) is 11.1 Å². The van der Waals surface area contributed by atoms with Gasteiger partial charge in [-0.25, -0.2) is 4.39 Å². The van der Waals surface area contributed by atoms with Crippen LogP contribution in [0.3, 0.4) is 0 Å². The van der Waals surface area contributed by atoms with E-state index in [1.807, 2.05) is 0 Å². The third-order valence-electron chi connectivity index (χ3n) is 3.62. The van der Waals surface area contributed by atoms with Gasteiger partial charge in [0.1, 0.15) is 18.2 Å². The summed E-state index contributed by atoms with van der Waals surface area (Å²) in [6.07, 6.45) is 0. The Morgan fingerprint density at radius 3 is 2.82 bits per heavy atom. The molecule has 146 valence electrons. The number of amides is 1. The largest absolute Gasteiger partial charge is 0.484 e. The Kier molecular flexibility index (Phi) is 6.77. The topological polar surface area (TPSA) is 69.0 Å². The summed E-state index contributed by atoms with van der Waals surface area (Å²) in [5.41, 5.74) is 0.400. The first kappa shape index (κ1) is 20.4. The summed E-state index contributed by atoms with van der Waals surface area (Å²) in [7, 11) is 1.77. The van der Waals surface area contributed by atoms with Gasteiger partial charge in [-0.1, -0.05) is 41.0 Å². The fourth-order valence-electron chi connectivity index (χ4n) is 2.22. The number of hydrogen-bond acceptors (Lipinski definition) is 5. The molecule has 1 aromatic heterocycles. The molecule has 6 nitrogen and oxygen atoms in total. The maximum Gasteiger partial charge on any atom is 0.234 e. The molecule has 0 saturated heterocycles. The summed E-state index contributed by atoms with van der Waals surface area (Å²) in [4.78, 5) is 12.0. The van der Waals surface area contributed by atoms with E-state index in [0.717, 1.165) is 0 Å². The molecule has 0 spiro atoms. The van der Waals surface area contributed by atoms with Crippen LogP contribution in [0.2, 0.25) is 10.0 Å². The van der Waals surface area contributed by atoms with Crippen molar-refractivity contribution >= 4 is 46.6 Å². The number of hydrogen-bond donors (Lipinski definition) is 1. The van der Waals surface area contributed by atoms with E-state index in [9.17, 15) is 9.18 Å². The molecule has 1 N–H and O–H groups in total. The maximum atomic E-state index is 13.2. The normalized spacial score (nSPS) is 10.7. The van der Waals surface area contributed by atoms with Crippen molar-refractivity contribution in [2.45, 2.75) is 11.8 Å². The van der Waals surface area contributed by atoms with Crippen molar-refractivity contribution in [1.82, 2.24) is 14.8 Å². The predicted molar refractivity (Wildman–Crippen MR) is 108 cm³/mol. The lowest BCUT2D eigenvalue weighted by Gasteiger charge is -2.08. The highest BCUT2D eigenvalue weighted by atomic mass is 35.5. The Bertz CT molecular complexity index is 999. The van der Waals surface area contributed by atoms with Gasteiger partial charge < -0.3 is 14.6 Å². The average molecular weight is 441 g/mol. The van der Waals surface area contributed by atoms with Gasteiger partial charge in [0, 0.05) is 17.8 Å². The van der Waals surface area contributed by atoms with E-state index in [-0.39, 0.29) is 18.3 Å². The standard InChI is InChI=1S/C18H15Cl2FN4O2S/c1-25-16(9-27-15-6-5-11(19)7-14(15)20)23-24-18(25)28-10-17(26)22-13-4-2-3-12(21)8-13/h2-8H,9-10H2,1H3,(H,22,26). The third kappa shape index (κ3) is 5.37. The van der Waals surface area contributed by atoms with Crippen LogP contribution in [-0.2, 0) is 18.4 Å². The number of carbonyl (C=O) groups is 1. The number of nitrogens with zero attached hydrogens (tertiary/aromatic N) is 3. The second-order valence-corrected chi connectivity index (χ2v) is 7.45. The minimum atomic E-state index is -0.413. The molecule has 3 rings (SSSR count). The van der Waals surface area contributed by atoms with Gasteiger partial charge in [0.15, 0.2) is 11.0 Å². The molecule has 10 heteroatoms. The molecule has 0 aliphatic rings. The number of halogens is 3. The van der Waals surface area contributed by atoms with Crippen molar-refractivity contribution in [3.63, 3.8) is 0 Å². The van der Waals surface area contributed by atoms with Gasteiger partial charge in [-0.15, -0.1) is 10.2 Å². The molecule has 0 fully saturated rings. The second kappa shape index (κ2) is 9.27. The highest BCUT2D eigenvalue weighted by Crippen LogP contribution is 2.28. The summed E-state index contributed by atoms with van der Waals surface area (Å²) >= 11 is 13.1. The van der Waals surface area contributed by atoms with Crippen molar-refractivity contribution in [2.24, 2.45) is 7.05 Å². The van der Waals surface area contributed by atoms with Gasteiger partial charge in [0.25, 0.3) is 0 Å². The van der Waals surface area contributed by atoms with Crippen LogP contribution in [-0.4, -0.2) is 26.4 Å². The van der Waals surface area contributed by atoms with Crippen LogP contribution in [0.25, 0.3) is 0 Å². The Morgan fingerprint density at radius 2 is 2.07 bits per heavy atom. The molecule has 0 aliphatic heterocycles. The molecule has 0 radical (unpaired) electrons. The van der Waals surface area contributed by atoms with Crippen molar-refractivity contribution in [3.8, 4) is 5.75 Å². The number of ether oxygens (including phenoxy) is 1. The number of aromatic nitrogens is 3. The molecule has 0 atom stereocenters. The zero-order chi connectivity index (χ0) is 20.1. The monoisotopic (exact) mass is 440 g/mol. The molecule has 2 aromatic carbocycles. The molecule has 1 heterocycles. The van der Waals surface area contributed by atoms with Crippen LogP contribution in [0.15, 0.2) is 47.6 Å². The van der Waals surface area contributed by atoms with Gasteiger partial charge in [-0.3, -0.25) is 4.79 Å². The smallest absolute Gasteiger partial charge is 0.234 e. The first-order valence-electron chi connectivity index (χ1n) is 8.06. The molecule has 0 bridgehead atoms. The maximum absolute atomic E-state index is 13.2. The third-order valence-corrected chi connectivity index (χ3v) is 5.17. The van der Waals surface area contributed by atoms with Crippen LogP contribution in [0.1, 0.15) is 5.82 Å². The van der Waals surface area contributed by atoms with Crippen LogP contribution in [0.5, 0.6) is 5.75 Å². The van der Waals surface area contributed by atoms with Gasteiger partial charge in [0.05, 0.1) is 10.8 Å². The lowest BCUT2D eigenvalue weighted by atomic mass is 10.3. The molecule has 0 unspecified atom stereocenters. The van der Waals surface area contributed by atoms with Crippen LogP contribution in [0.4, 0.5) is 10.1 Å². The number of thioether (sulfide) groups is 1. The lowest BCUT2D eigenvalue weighted by Crippen LogP contribution is -2.14. The fraction of sp³-hybridized carbons (Fsp3) is 0.167. The molecule has 0 saturated carbocycles. The number of anilines is 1. The average Bonchev–Trinajstić information content (AvgIpc) is 2.99. The molecule has 28 heavy (non-hydrogen) atoms. The van der Waals surface area contributed by atoms with Gasteiger partial charge in [0.2, 0.25) is 5.91 Å². The minimum Gasteiger partial charge on any atom is -0.484 e. The van der Waals surface area contributed by atoms with E-state index < -0.39 is 5.82 Å². The van der Waals surface area contributed by atoms with Crippen molar-refractivity contribution in [1.29, 1.82) is 0 Å². The first-order chi connectivity index (χ1) is 13.4. The Hall–Kier alpha value is -2.29. The van der Waals surface area contributed by atoms with E-state index in [4.69, 9.17) is 27.9 Å². The van der Waals surface area contributed by atoms with E-state index in [0.29, 0.717) is 32.5 Å². The van der Waals surface area contributed by atoms with Gasteiger partial charge in [-0.2, -0.15) is 0 Å². The first-order valence-corrected chi connectivity index (χ1v) is 9.81. The van der Waals surface area contributed by atoms with E-state index in [1.165, 1.54) is 30.0 Å². The molecular weight excluding hydrogens is 426 g/mol. The number of carbonyl (C=O) groups excluding carboxylic acids is 1. The van der Waals surface area contributed by atoms with Crippen molar-refractivity contribution < 1.29 is 13.9 Å². The summed E-state index contributed by atoms with van der Waals surface area (Å²) in [5, 5.41) is 12.2. The summed E-state index contributed by atoms with van der Waals surface area (Å²) in [6.45, 7) is 0.154. The Morgan fingerprint density at radius 1 is 1.25 bits per heavy atom. The second-order valence-electron chi connectivity index (χ2n) is 5.67. The van der Waals surface area contributed by atoms with Crippen LogP contribution in [0, 0.1) is 5.82 Å². The number of benzene rings is 2. The van der Waals surface area contributed by atoms with Crippen LogP contribution >= 0.6 is 35.0 Å².